The smallest absolute Gasteiger partial charge is 0.167 e. The molecule has 0 bridgehead atoms. The van der Waals surface area contributed by atoms with Gasteiger partial charge in [0, 0.05) is 35.5 Å². The van der Waals surface area contributed by atoms with Gasteiger partial charge in [0.05, 0.1) is 23.1 Å². The van der Waals surface area contributed by atoms with Gasteiger partial charge < -0.3 is 15.6 Å². The first-order valence-corrected chi connectivity index (χ1v) is 10.9. The minimum atomic E-state index is -0.253. The average molecular weight is 461 g/mol. The molecule has 3 N–H and O–H groups in total. The Hall–Kier alpha value is -3.19. The number of benzene rings is 2. The predicted molar refractivity (Wildman–Crippen MR) is 130 cm³/mol. The zero-order chi connectivity index (χ0) is 21.7. The van der Waals surface area contributed by atoms with Crippen LogP contribution < -0.4 is 10.5 Å². The van der Waals surface area contributed by atoms with Gasteiger partial charge in [-0.1, -0.05) is 54.6 Å². The van der Waals surface area contributed by atoms with Crippen LogP contribution in [-0.2, 0) is 12.1 Å². The second-order valence-corrected chi connectivity index (χ2v) is 8.70. The van der Waals surface area contributed by atoms with Crippen LogP contribution in [0.25, 0.3) is 33.9 Å². The number of rotatable bonds is 4. The molecule has 168 valence electrons. The van der Waals surface area contributed by atoms with Crippen molar-refractivity contribution in [2.24, 2.45) is 5.73 Å². The molecule has 7 heteroatoms. The fraction of sp³-hybridized carbons (Fsp3) is 0.231. The normalized spacial score (nSPS) is 20.6. The lowest BCUT2D eigenvalue weighted by Gasteiger charge is -2.45. The third kappa shape index (κ3) is 3.42. The molecule has 33 heavy (non-hydrogen) atoms. The second-order valence-electron chi connectivity index (χ2n) is 8.70. The Morgan fingerprint density at radius 1 is 1.03 bits per heavy atom. The number of ether oxygens (including phenoxy) is 1. The number of nitrogens with zero attached hydrogens (tertiary/aromatic N) is 3. The van der Waals surface area contributed by atoms with Crippen LogP contribution in [0.4, 0.5) is 0 Å². The molecule has 1 fully saturated rings. The van der Waals surface area contributed by atoms with Gasteiger partial charge in [0.1, 0.15) is 11.6 Å². The van der Waals surface area contributed by atoms with E-state index in [1.54, 1.807) is 6.20 Å². The molecule has 0 amide bonds. The van der Waals surface area contributed by atoms with E-state index >= 15 is 0 Å². The lowest BCUT2D eigenvalue weighted by atomic mass is 9.63. The number of imidazole rings is 1. The van der Waals surface area contributed by atoms with Crippen LogP contribution in [0.3, 0.4) is 0 Å². The second kappa shape index (κ2) is 8.30. The fourth-order valence-corrected chi connectivity index (χ4v) is 5.03. The van der Waals surface area contributed by atoms with Gasteiger partial charge in [-0.25, -0.2) is 4.98 Å². The zero-order valence-corrected chi connectivity index (χ0v) is 18.8. The first-order chi connectivity index (χ1) is 15.7. The lowest BCUT2D eigenvalue weighted by molar-refractivity contribution is 0.0222. The molecule has 6 nitrogen and oxygen atoms in total. The number of aliphatic hydroxyl groups excluding tert-OH is 1. The van der Waals surface area contributed by atoms with Gasteiger partial charge in [-0.3, -0.25) is 9.55 Å². The summed E-state index contributed by atoms with van der Waals surface area (Å²) in [5, 5.41) is 9.86. The molecule has 3 heterocycles. The van der Waals surface area contributed by atoms with E-state index in [0.717, 1.165) is 52.5 Å². The SMILES string of the molecule is Cl.NCC1(c2ccc(-c3nc4n(c3-c3ccccc3)COc3ccncc3-4)cc2)CC(O)C1. The summed E-state index contributed by atoms with van der Waals surface area (Å²) in [6.45, 7) is 0.939. The van der Waals surface area contributed by atoms with Crippen LogP contribution in [-0.4, -0.2) is 32.3 Å². The van der Waals surface area contributed by atoms with Crippen molar-refractivity contribution in [2.45, 2.75) is 31.1 Å². The van der Waals surface area contributed by atoms with E-state index in [4.69, 9.17) is 15.5 Å². The number of fused-ring (bicyclic) bond motifs is 3. The molecule has 0 atom stereocenters. The van der Waals surface area contributed by atoms with Crippen molar-refractivity contribution in [3.63, 3.8) is 0 Å². The van der Waals surface area contributed by atoms with Crippen molar-refractivity contribution in [3.8, 4) is 39.7 Å². The summed E-state index contributed by atoms with van der Waals surface area (Å²) >= 11 is 0. The van der Waals surface area contributed by atoms with E-state index in [0.29, 0.717) is 13.3 Å². The number of pyridine rings is 1. The topological polar surface area (TPSA) is 86.2 Å². The third-order valence-corrected chi connectivity index (χ3v) is 6.80. The molecule has 6 rings (SSSR count). The maximum atomic E-state index is 9.86. The average Bonchev–Trinajstić information content (AvgIpc) is 3.23. The Labute approximate surface area is 198 Å². The third-order valence-electron chi connectivity index (χ3n) is 6.80. The Bertz CT molecular complexity index is 1280. The van der Waals surface area contributed by atoms with Gasteiger partial charge in [-0.05, 0) is 24.5 Å². The minimum Gasteiger partial charge on any atom is -0.472 e. The van der Waals surface area contributed by atoms with Crippen LogP contribution >= 0.6 is 12.4 Å². The van der Waals surface area contributed by atoms with E-state index in [9.17, 15) is 5.11 Å². The molecule has 0 spiro atoms. The van der Waals surface area contributed by atoms with Crippen LogP contribution in [0.15, 0.2) is 73.1 Å². The van der Waals surface area contributed by atoms with Crippen molar-refractivity contribution >= 4 is 12.4 Å². The van der Waals surface area contributed by atoms with Gasteiger partial charge in [-0.15, -0.1) is 12.4 Å². The van der Waals surface area contributed by atoms with Gasteiger partial charge >= 0.3 is 0 Å². The molecule has 4 aromatic rings. The van der Waals surface area contributed by atoms with E-state index in [1.807, 2.05) is 30.5 Å². The van der Waals surface area contributed by atoms with Gasteiger partial charge in [0.25, 0.3) is 0 Å². The summed E-state index contributed by atoms with van der Waals surface area (Å²) in [4.78, 5) is 9.36. The molecule has 0 saturated heterocycles. The number of hydrogen-bond acceptors (Lipinski definition) is 5. The van der Waals surface area contributed by atoms with Crippen LogP contribution in [0.2, 0.25) is 0 Å². The Morgan fingerprint density at radius 2 is 1.79 bits per heavy atom. The number of aliphatic hydroxyl groups is 1. The highest BCUT2D eigenvalue weighted by molar-refractivity contribution is 5.85. The van der Waals surface area contributed by atoms with Crippen molar-refractivity contribution in [3.05, 3.63) is 78.6 Å². The number of hydrogen-bond donors (Lipinski definition) is 2. The minimum absolute atomic E-state index is 0. The molecule has 1 aliphatic heterocycles. The molecule has 0 radical (unpaired) electrons. The lowest BCUT2D eigenvalue weighted by Crippen LogP contribution is -2.49. The quantitative estimate of drug-likeness (QED) is 0.471. The first kappa shape index (κ1) is 21.6. The highest BCUT2D eigenvalue weighted by atomic mass is 35.5. The van der Waals surface area contributed by atoms with E-state index in [-0.39, 0.29) is 23.9 Å². The molecule has 2 aromatic heterocycles. The van der Waals surface area contributed by atoms with Crippen molar-refractivity contribution in [1.82, 2.24) is 14.5 Å². The fourth-order valence-electron chi connectivity index (χ4n) is 5.03. The maximum absolute atomic E-state index is 9.86. The highest BCUT2D eigenvalue weighted by Crippen LogP contribution is 2.45. The van der Waals surface area contributed by atoms with Crippen LogP contribution in [0.1, 0.15) is 18.4 Å². The van der Waals surface area contributed by atoms with Crippen LogP contribution in [0, 0.1) is 0 Å². The van der Waals surface area contributed by atoms with Crippen molar-refractivity contribution in [2.75, 3.05) is 6.54 Å². The Morgan fingerprint density at radius 3 is 2.48 bits per heavy atom. The van der Waals surface area contributed by atoms with E-state index in [1.165, 1.54) is 5.56 Å². The highest BCUT2D eigenvalue weighted by Gasteiger charge is 2.43. The van der Waals surface area contributed by atoms with Crippen molar-refractivity contribution in [1.29, 1.82) is 0 Å². The summed E-state index contributed by atoms with van der Waals surface area (Å²) in [5.41, 5.74) is 12.1. The van der Waals surface area contributed by atoms with Gasteiger partial charge in [0.2, 0.25) is 0 Å². The molecular formula is C26H25ClN4O2. The monoisotopic (exact) mass is 460 g/mol. The molecule has 2 aliphatic rings. The number of aromatic nitrogens is 3. The van der Waals surface area contributed by atoms with Crippen molar-refractivity contribution < 1.29 is 9.84 Å². The summed E-state index contributed by atoms with van der Waals surface area (Å²) in [6, 6.07) is 20.7. The molecule has 0 unspecified atom stereocenters. The van der Waals surface area contributed by atoms with Gasteiger partial charge in [0.15, 0.2) is 6.73 Å². The molecule has 2 aromatic carbocycles. The largest absolute Gasteiger partial charge is 0.472 e. The maximum Gasteiger partial charge on any atom is 0.167 e. The van der Waals surface area contributed by atoms with Crippen LogP contribution in [0.5, 0.6) is 5.75 Å². The summed E-state index contributed by atoms with van der Waals surface area (Å²) < 4.78 is 8.13. The summed E-state index contributed by atoms with van der Waals surface area (Å²) in [6.07, 6.45) is 4.73. The zero-order valence-electron chi connectivity index (χ0n) is 18.0. The number of halogens is 1. The summed E-state index contributed by atoms with van der Waals surface area (Å²) in [5.74, 6) is 1.66. The standard InChI is InChI=1S/C26H24N4O2.ClH/c27-15-26(12-20(31)13-26)19-8-6-17(7-9-19)23-24(18-4-2-1-3-5-18)30-16-32-22-10-11-28-14-21(22)25(30)29-23;/h1-11,14,20,31H,12-13,15-16,27H2;1H. The Balaban J connectivity index is 0.00000228. The molecule has 1 aliphatic carbocycles. The predicted octanol–water partition coefficient (Wildman–Crippen LogP) is 4.40. The van der Waals surface area contributed by atoms with Gasteiger partial charge in [-0.2, -0.15) is 0 Å². The number of nitrogens with two attached hydrogens (primary N) is 1. The van der Waals surface area contributed by atoms with E-state index in [2.05, 4.69) is 45.9 Å². The molecule has 1 saturated carbocycles. The molecular weight excluding hydrogens is 436 g/mol. The summed E-state index contributed by atoms with van der Waals surface area (Å²) in [7, 11) is 0. The Kier molecular flexibility index (Phi) is 5.44. The first-order valence-electron chi connectivity index (χ1n) is 10.9. The van der Waals surface area contributed by atoms with E-state index < -0.39 is 0 Å².